The van der Waals surface area contributed by atoms with E-state index in [1.807, 2.05) is 7.05 Å². The number of ether oxygens (including phenoxy) is 1. The molecule has 1 aromatic rings. The summed E-state index contributed by atoms with van der Waals surface area (Å²) in [4.78, 5) is 12.0. The molecule has 1 aliphatic rings. The van der Waals surface area contributed by atoms with Crippen molar-refractivity contribution in [1.82, 2.24) is 5.32 Å². The van der Waals surface area contributed by atoms with Crippen molar-refractivity contribution in [3.63, 3.8) is 0 Å². The smallest absolute Gasteiger partial charge is 0.338 e. The molecule has 1 saturated carbocycles. The highest BCUT2D eigenvalue weighted by Crippen LogP contribution is 2.26. The van der Waals surface area contributed by atoms with Crippen molar-refractivity contribution in [3.05, 3.63) is 29.8 Å². The zero-order valence-electron chi connectivity index (χ0n) is 12.1. The minimum atomic E-state index is -0.277. The highest BCUT2D eigenvalue weighted by molar-refractivity contribution is 5.89. The first-order chi connectivity index (χ1) is 9.70. The number of nitrogens with two attached hydrogens (primary N) is 1. The Hall–Kier alpha value is -1.55. The molecule has 0 radical (unpaired) electrons. The van der Waals surface area contributed by atoms with Gasteiger partial charge in [0.25, 0.3) is 0 Å². The number of likely N-dealkylation sites (N-methyl/N-ethyl adjacent to an activating group) is 1. The molecule has 0 saturated heterocycles. The SMILES string of the molecule is CN[C@@H](COC(=O)c1ccc(N)cc1)C1CCCCC1. The summed E-state index contributed by atoms with van der Waals surface area (Å²) in [6, 6.07) is 7.09. The molecule has 1 aromatic carbocycles. The van der Waals surface area contributed by atoms with Crippen molar-refractivity contribution in [2.75, 3.05) is 19.4 Å². The Morgan fingerprint density at radius 1 is 1.30 bits per heavy atom. The highest BCUT2D eigenvalue weighted by atomic mass is 16.5. The van der Waals surface area contributed by atoms with Crippen LogP contribution in [-0.4, -0.2) is 25.7 Å². The van der Waals surface area contributed by atoms with Crippen LogP contribution in [0.15, 0.2) is 24.3 Å². The summed E-state index contributed by atoms with van der Waals surface area (Å²) in [6.45, 7) is 0.435. The van der Waals surface area contributed by atoms with Crippen LogP contribution < -0.4 is 11.1 Å². The molecule has 2 rings (SSSR count). The number of anilines is 1. The van der Waals surface area contributed by atoms with Gasteiger partial charge in [-0.2, -0.15) is 0 Å². The Morgan fingerprint density at radius 2 is 1.95 bits per heavy atom. The third-order valence-electron chi connectivity index (χ3n) is 4.13. The second-order valence-electron chi connectivity index (χ2n) is 5.51. The third-order valence-corrected chi connectivity index (χ3v) is 4.13. The molecule has 3 N–H and O–H groups in total. The number of carbonyl (C=O) groups is 1. The molecule has 0 spiro atoms. The van der Waals surface area contributed by atoms with Gasteiger partial charge in [-0.05, 0) is 50.1 Å². The fraction of sp³-hybridized carbons (Fsp3) is 0.562. The molecule has 0 heterocycles. The summed E-state index contributed by atoms with van der Waals surface area (Å²) in [5.74, 6) is 0.342. The first-order valence-electron chi connectivity index (χ1n) is 7.40. The number of esters is 1. The van der Waals surface area contributed by atoms with Crippen molar-refractivity contribution in [3.8, 4) is 0 Å². The van der Waals surface area contributed by atoms with E-state index < -0.39 is 0 Å². The summed E-state index contributed by atoms with van der Waals surface area (Å²) in [5, 5.41) is 3.29. The predicted octanol–water partition coefficient (Wildman–Crippen LogP) is 2.59. The number of nitrogen functional groups attached to an aromatic ring is 1. The summed E-state index contributed by atoms with van der Waals surface area (Å²) < 4.78 is 5.43. The van der Waals surface area contributed by atoms with Crippen LogP contribution in [0.5, 0.6) is 0 Å². The van der Waals surface area contributed by atoms with Gasteiger partial charge in [-0.15, -0.1) is 0 Å². The maximum absolute atomic E-state index is 12.0. The van der Waals surface area contributed by atoms with Crippen molar-refractivity contribution in [1.29, 1.82) is 0 Å². The van der Waals surface area contributed by atoms with E-state index in [0.29, 0.717) is 23.8 Å². The molecule has 0 bridgehead atoms. The largest absolute Gasteiger partial charge is 0.460 e. The normalized spacial score (nSPS) is 17.6. The lowest BCUT2D eigenvalue weighted by molar-refractivity contribution is 0.0421. The average Bonchev–Trinajstić information content (AvgIpc) is 2.49. The molecule has 20 heavy (non-hydrogen) atoms. The van der Waals surface area contributed by atoms with Crippen LogP contribution in [0.25, 0.3) is 0 Å². The minimum Gasteiger partial charge on any atom is -0.460 e. The fourth-order valence-electron chi connectivity index (χ4n) is 2.86. The Kier molecular flexibility index (Phi) is 5.41. The monoisotopic (exact) mass is 276 g/mol. The zero-order valence-corrected chi connectivity index (χ0v) is 12.1. The van der Waals surface area contributed by atoms with E-state index in [-0.39, 0.29) is 12.0 Å². The second-order valence-corrected chi connectivity index (χ2v) is 5.51. The molecule has 4 heteroatoms. The zero-order chi connectivity index (χ0) is 14.4. The van der Waals surface area contributed by atoms with Gasteiger partial charge in [0.05, 0.1) is 5.56 Å². The van der Waals surface area contributed by atoms with Crippen molar-refractivity contribution >= 4 is 11.7 Å². The molecule has 1 aliphatic carbocycles. The van der Waals surface area contributed by atoms with E-state index >= 15 is 0 Å². The van der Waals surface area contributed by atoms with E-state index in [2.05, 4.69) is 5.32 Å². The minimum absolute atomic E-state index is 0.257. The molecule has 1 fully saturated rings. The van der Waals surface area contributed by atoms with Gasteiger partial charge >= 0.3 is 5.97 Å². The van der Waals surface area contributed by atoms with Gasteiger partial charge in [-0.25, -0.2) is 4.79 Å². The van der Waals surface area contributed by atoms with Gasteiger partial charge in [0.2, 0.25) is 0 Å². The molecule has 0 aromatic heterocycles. The first kappa shape index (κ1) is 14.9. The fourth-order valence-corrected chi connectivity index (χ4v) is 2.86. The van der Waals surface area contributed by atoms with Crippen LogP contribution in [0.1, 0.15) is 42.5 Å². The van der Waals surface area contributed by atoms with Crippen molar-refractivity contribution in [2.45, 2.75) is 38.1 Å². The molecule has 110 valence electrons. The summed E-state index contributed by atoms with van der Waals surface area (Å²) in [6.07, 6.45) is 6.36. The van der Waals surface area contributed by atoms with E-state index in [1.165, 1.54) is 32.1 Å². The Morgan fingerprint density at radius 3 is 2.55 bits per heavy atom. The standard InChI is InChI=1S/C16H24N2O2/c1-18-15(12-5-3-2-4-6-12)11-20-16(19)13-7-9-14(17)10-8-13/h7-10,12,15,18H,2-6,11,17H2,1H3/t15-/m0/s1. The lowest BCUT2D eigenvalue weighted by atomic mass is 9.84. The molecular formula is C16H24N2O2. The van der Waals surface area contributed by atoms with Crippen LogP contribution in [-0.2, 0) is 4.74 Å². The van der Waals surface area contributed by atoms with Gasteiger partial charge in [0, 0.05) is 11.7 Å². The van der Waals surface area contributed by atoms with Gasteiger partial charge in [-0.3, -0.25) is 0 Å². The Bertz CT molecular complexity index is 425. The van der Waals surface area contributed by atoms with Crippen LogP contribution >= 0.6 is 0 Å². The molecule has 0 aliphatic heterocycles. The number of rotatable bonds is 5. The number of nitrogens with one attached hydrogen (secondary N) is 1. The lowest BCUT2D eigenvalue weighted by Gasteiger charge is -2.29. The number of hydrogen-bond acceptors (Lipinski definition) is 4. The maximum Gasteiger partial charge on any atom is 0.338 e. The third kappa shape index (κ3) is 3.97. The molecule has 4 nitrogen and oxygen atoms in total. The molecule has 0 amide bonds. The molecule has 1 atom stereocenters. The summed E-state index contributed by atoms with van der Waals surface area (Å²) in [7, 11) is 1.94. The average molecular weight is 276 g/mol. The Balaban J connectivity index is 1.85. The lowest BCUT2D eigenvalue weighted by Crippen LogP contribution is -2.39. The van der Waals surface area contributed by atoms with Crippen LogP contribution in [0.2, 0.25) is 0 Å². The Labute approximate surface area is 120 Å². The summed E-state index contributed by atoms with van der Waals surface area (Å²) in [5.41, 5.74) is 6.81. The van der Waals surface area contributed by atoms with Crippen LogP contribution in [0.4, 0.5) is 5.69 Å². The molecule has 0 unspecified atom stereocenters. The topological polar surface area (TPSA) is 64.3 Å². The van der Waals surface area contributed by atoms with E-state index in [0.717, 1.165) is 0 Å². The molecular weight excluding hydrogens is 252 g/mol. The number of hydrogen-bond donors (Lipinski definition) is 2. The maximum atomic E-state index is 12.0. The van der Waals surface area contributed by atoms with Gasteiger partial charge in [0.1, 0.15) is 6.61 Å². The first-order valence-corrected chi connectivity index (χ1v) is 7.40. The number of carbonyl (C=O) groups excluding carboxylic acids is 1. The van der Waals surface area contributed by atoms with Gasteiger partial charge < -0.3 is 15.8 Å². The van der Waals surface area contributed by atoms with E-state index in [9.17, 15) is 4.79 Å². The number of benzene rings is 1. The summed E-state index contributed by atoms with van der Waals surface area (Å²) >= 11 is 0. The van der Waals surface area contributed by atoms with Crippen molar-refractivity contribution in [2.24, 2.45) is 5.92 Å². The quantitative estimate of drug-likeness (QED) is 0.641. The van der Waals surface area contributed by atoms with Crippen LogP contribution in [0, 0.1) is 5.92 Å². The van der Waals surface area contributed by atoms with E-state index in [4.69, 9.17) is 10.5 Å². The second kappa shape index (κ2) is 7.29. The predicted molar refractivity (Wildman–Crippen MR) is 80.6 cm³/mol. The van der Waals surface area contributed by atoms with E-state index in [1.54, 1.807) is 24.3 Å². The van der Waals surface area contributed by atoms with Gasteiger partial charge in [0.15, 0.2) is 0 Å². The van der Waals surface area contributed by atoms with Gasteiger partial charge in [-0.1, -0.05) is 19.3 Å². The highest BCUT2D eigenvalue weighted by Gasteiger charge is 2.23. The van der Waals surface area contributed by atoms with Crippen molar-refractivity contribution < 1.29 is 9.53 Å². The van der Waals surface area contributed by atoms with Crippen LogP contribution in [0.3, 0.4) is 0 Å².